The van der Waals surface area contributed by atoms with Crippen molar-refractivity contribution in [3.63, 3.8) is 0 Å². The molecule has 0 bridgehead atoms. The van der Waals surface area contributed by atoms with Gasteiger partial charge in [-0.1, -0.05) is 6.92 Å². The Balaban J connectivity index is 2.41. The lowest BCUT2D eigenvalue weighted by Gasteiger charge is -2.26. The molecule has 0 aliphatic carbocycles. The number of Topliss-reactive ketones (excluding diaryl/α,β-unsaturated/α-hetero) is 1. The molecule has 0 spiro atoms. The number of hydrogen-bond acceptors (Lipinski definition) is 3. The number of carbonyl (C=O) groups excluding carboxylic acids is 1. The van der Waals surface area contributed by atoms with E-state index in [0.717, 1.165) is 19.4 Å². The van der Waals surface area contributed by atoms with Crippen LogP contribution in [0.15, 0.2) is 0 Å². The number of piperidine rings is 1. The van der Waals surface area contributed by atoms with Gasteiger partial charge in [-0.05, 0) is 25.3 Å². The minimum absolute atomic E-state index is 0.195. The Morgan fingerprint density at radius 1 is 1.54 bits per heavy atom. The molecule has 0 amide bonds. The topological polar surface area (TPSA) is 66.4 Å². The van der Waals surface area contributed by atoms with E-state index in [2.05, 4.69) is 12.2 Å². The fraction of sp³-hybridized carbons (Fsp3) is 0.778. The van der Waals surface area contributed by atoms with Crippen molar-refractivity contribution in [2.24, 2.45) is 5.92 Å². The van der Waals surface area contributed by atoms with Gasteiger partial charge in [0, 0.05) is 0 Å². The van der Waals surface area contributed by atoms with Gasteiger partial charge in [0.15, 0.2) is 5.78 Å². The minimum Gasteiger partial charge on any atom is -0.481 e. The lowest BCUT2D eigenvalue weighted by atomic mass is 9.91. The van der Waals surface area contributed by atoms with Crippen LogP contribution in [0.2, 0.25) is 0 Å². The van der Waals surface area contributed by atoms with Crippen LogP contribution in [0.3, 0.4) is 0 Å². The Morgan fingerprint density at radius 3 is 2.77 bits per heavy atom. The van der Waals surface area contributed by atoms with Gasteiger partial charge in [0.2, 0.25) is 0 Å². The highest BCUT2D eigenvalue weighted by Crippen LogP contribution is 2.16. The Kier molecular flexibility index (Phi) is 3.42. The Bertz CT molecular complexity index is 215. The number of carboxylic acid groups (broad SMARTS) is 1. The van der Waals surface area contributed by atoms with Crippen molar-refractivity contribution >= 4 is 11.8 Å². The van der Waals surface area contributed by atoms with E-state index in [0.29, 0.717) is 5.92 Å². The van der Waals surface area contributed by atoms with E-state index in [4.69, 9.17) is 5.11 Å². The molecular weight excluding hydrogens is 170 g/mol. The van der Waals surface area contributed by atoms with E-state index < -0.39 is 5.97 Å². The molecular formula is C9H15NO3. The number of hydrogen-bond donors (Lipinski definition) is 2. The third-order valence-electron chi connectivity index (χ3n) is 2.38. The fourth-order valence-corrected chi connectivity index (χ4v) is 1.63. The summed E-state index contributed by atoms with van der Waals surface area (Å²) in [5.74, 6) is -0.715. The second-order valence-corrected chi connectivity index (χ2v) is 3.67. The van der Waals surface area contributed by atoms with E-state index in [1.54, 1.807) is 0 Å². The van der Waals surface area contributed by atoms with Gasteiger partial charge in [0.25, 0.3) is 0 Å². The maximum Gasteiger partial charge on any atom is 0.310 e. The van der Waals surface area contributed by atoms with Crippen molar-refractivity contribution < 1.29 is 14.7 Å². The molecule has 0 aromatic rings. The summed E-state index contributed by atoms with van der Waals surface area (Å²) < 4.78 is 0. The van der Waals surface area contributed by atoms with Crippen LogP contribution in [0.5, 0.6) is 0 Å². The number of rotatable bonds is 3. The minimum atomic E-state index is -1.04. The van der Waals surface area contributed by atoms with Crippen molar-refractivity contribution in [2.75, 3.05) is 6.54 Å². The molecule has 4 heteroatoms. The molecule has 0 radical (unpaired) electrons. The molecule has 0 saturated carbocycles. The van der Waals surface area contributed by atoms with E-state index >= 15 is 0 Å². The second-order valence-electron chi connectivity index (χ2n) is 3.67. The molecule has 1 heterocycles. The quantitative estimate of drug-likeness (QED) is 0.625. The molecule has 1 rings (SSSR count). The van der Waals surface area contributed by atoms with Crippen LogP contribution in [-0.4, -0.2) is 29.4 Å². The van der Waals surface area contributed by atoms with Gasteiger partial charge >= 0.3 is 5.97 Å². The highest BCUT2D eigenvalue weighted by atomic mass is 16.4. The van der Waals surface area contributed by atoms with Crippen molar-refractivity contribution in [1.29, 1.82) is 0 Å². The molecule has 0 aromatic heterocycles. The largest absolute Gasteiger partial charge is 0.481 e. The summed E-state index contributed by atoms with van der Waals surface area (Å²) in [5, 5.41) is 11.5. The molecule has 2 N–H and O–H groups in total. The summed E-state index contributed by atoms with van der Waals surface area (Å²) in [6.07, 6.45) is 1.48. The SMILES string of the molecule is C[C@@H]1CCN[C@@H](C(=O)CC(=O)O)C1. The summed E-state index contributed by atoms with van der Waals surface area (Å²) >= 11 is 0. The summed E-state index contributed by atoms with van der Waals surface area (Å²) in [7, 11) is 0. The van der Waals surface area contributed by atoms with E-state index in [-0.39, 0.29) is 18.2 Å². The van der Waals surface area contributed by atoms with Crippen LogP contribution in [-0.2, 0) is 9.59 Å². The van der Waals surface area contributed by atoms with Crippen molar-refractivity contribution in [3.8, 4) is 0 Å². The van der Waals surface area contributed by atoms with Crippen molar-refractivity contribution in [2.45, 2.75) is 32.2 Å². The van der Waals surface area contributed by atoms with E-state index in [9.17, 15) is 9.59 Å². The summed E-state index contributed by atoms with van der Waals surface area (Å²) in [6.45, 7) is 2.90. The van der Waals surface area contributed by atoms with Crippen LogP contribution in [0, 0.1) is 5.92 Å². The predicted molar refractivity (Wildman–Crippen MR) is 47.4 cm³/mol. The third kappa shape index (κ3) is 3.14. The van der Waals surface area contributed by atoms with Crippen LogP contribution in [0.1, 0.15) is 26.2 Å². The fourth-order valence-electron chi connectivity index (χ4n) is 1.63. The molecule has 0 aromatic carbocycles. The zero-order valence-corrected chi connectivity index (χ0v) is 7.75. The van der Waals surface area contributed by atoms with Gasteiger partial charge in [-0.25, -0.2) is 0 Å². The molecule has 74 valence electrons. The summed E-state index contributed by atoms with van der Waals surface area (Å²) in [5.41, 5.74) is 0. The first-order valence-electron chi connectivity index (χ1n) is 4.57. The lowest BCUT2D eigenvalue weighted by Crippen LogP contribution is -2.43. The molecule has 1 aliphatic rings. The number of aliphatic carboxylic acids is 1. The average molecular weight is 185 g/mol. The zero-order chi connectivity index (χ0) is 9.84. The average Bonchev–Trinajstić information content (AvgIpc) is 2.03. The first-order valence-corrected chi connectivity index (χ1v) is 4.57. The normalized spacial score (nSPS) is 28.4. The first-order chi connectivity index (χ1) is 6.09. The van der Waals surface area contributed by atoms with Gasteiger partial charge in [0.1, 0.15) is 6.42 Å². The molecule has 1 aliphatic heterocycles. The van der Waals surface area contributed by atoms with Crippen LogP contribution in [0.4, 0.5) is 0 Å². The van der Waals surface area contributed by atoms with Crippen molar-refractivity contribution in [1.82, 2.24) is 5.32 Å². The van der Waals surface area contributed by atoms with Gasteiger partial charge in [-0.15, -0.1) is 0 Å². The summed E-state index contributed by atoms with van der Waals surface area (Å²) in [4.78, 5) is 21.6. The van der Waals surface area contributed by atoms with E-state index in [1.165, 1.54) is 0 Å². The Morgan fingerprint density at radius 2 is 2.23 bits per heavy atom. The van der Waals surface area contributed by atoms with Crippen LogP contribution >= 0.6 is 0 Å². The summed E-state index contributed by atoms with van der Waals surface area (Å²) in [6, 6.07) is -0.236. The second kappa shape index (κ2) is 4.37. The maximum absolute atomic E-state index is 11.3. The molecule has 4 nitrogen and oxygen atoms in total. The van der Waals surface area contributed by atoms with Crippen LogP contribution < -0.4 is 5.32 Å². The number of nitrogens with one attached hydrogen (secondary N) is 1. The van der Waals surface area contributed by atoms with Crippen LogP contribution in [0.25, 0.3) is 0 Å². The van der Waals surface area contributed by atoms with Gasteiger partial charge in [-0.3, -0.25) is 9.59 Å². The Hall–Kier alpha value is -0.900. The Labute approximate surface area is 77.3 Å². The highest BCUT2D eigenvalue weighted by molar-refractivity contribution is 5.97. The molecule has 1 fully saturated rings. The highest BCUT2D eigenvalue weighted by Gasteiger charge is 2.25. The van der Waals surface area contributed by atoms with E-state index in [1.807, 2.05) is 0 Å². The molecule has 2 atom stereocenters. The molecule has 0 unspecified atom stereocenters. The third-order valence-corrected chi connectivity index (χ3v) is 2.38. The monoisotopic (exact) mass is 185 g/mol. The number of carbonyl (C=O) groups is 2. The number of carboxylic acids is 1. The smallest absolute Gasteiger partial charge is 0.310 e. The molecule has 1 saturated heterocycles. The predicted octanol–water partition coefficient (Wildman–Crippen LogP) is 0.418. The first kappa shape index (κ1) is 10.2. The maximum atomic E-state index is 11.3. The van der Waals surface area contributed by atoms with Gasteiger partial charge < -0.3 is 10.4 Å². The van der Waals surface area contributed by atoms with Gasteiger partial charge in [-0.2, -0.15) is 0 Å². The zero-order valence-electron chi connectivity index (χ0n) is 7.75. The molecule has 13 heavy (non-hydrogen) atoms. The van der Waals surface area contributed by atoms with Gasteiger partial charge in [0.05, 0.1) is 6.04 Å². The standard InChI is InChI=1S/C9H15NO3/c1-6-2-3-10-7(4-6)8(11)5-9(12)13/h6-7,10H,2-5H2,1H3,(H,12,13)/t6-,7-/m1/s1. The number of ketones is 1. The van der Waals surface area contributed by atoms with Crippen molar-refractivity contribution in [3.05, 3.63) is 0 Å². The lowest BCUT2D eigenvalue weighted by molar-refractivity contribution is -0.140.